The number of allylic oxidation sites excluding steroid dienone is 1. The van der Waals surface area contributed by atoms with Crippen molar-refractivity contribution in [1.29, 1.82) is 0 Å². The minimum Gasteiger partial charge on any atom is -0.497 e. The number of hydrogen-bond donors (Lipinski definition) is 1. The molecule has 1 aliphatic carbocycles. The second-order valence-corrected chi connectivity index (χ2v) is 3.81. The number of ether oxygens (including phenoxy) is 1. The molecule has 2 aliphatic rings. The van der Waals surface area contributed by atoms with Crippen LogP contribution in [0.15, 0.2) is 11.8 Å². The van der Waals surface area contributed by atoms with E-state index >= 15 is 0 Å². The van der Waals surface area contributed by atoms with E-state index in [1.54, 1.807) is 0 Å². The van der Waals surface area contributed by atoms with Crippen molar-refractivity contribution in [3.8, 4) is 0 Å². The highest BCUT2D eigenvalue weighted by atomic mass is 16.5. The lowest BCUT2D eigenvalue weighted by Crippen LogP contribution is -2.37. The van der Waals surface area contributed by atoms with Crippen LogP contribution in [0, 0.1) is 5.92 Å². The second-order valence-electron chi connectivity index (χ2n) is 3.81. The minimum atomic E-state index is 0.194. The van der Waals surface area contributed by atoms with Crippen molar-refractivity contribution >= 4 is 0 Å². The van der Waals surface area contributed by atoms with Gasteiger partial charge in [-0.25, -0.2) is 0 Å². The smallest absolute Gasteiger partial charge is 0.109 e. The summed E-state index contributed by atoms with van der Waals surface area (Å²) in [7, 11) is 0. The van der Waals surface area contributed by atoms with Crippen LogP contribution in [0.2, 0.25) is 0 Å². The predicted molar refractivity (Wildman–Crippen MR) is 48.6 cm³/mol. The molecule has 12 heavy (non-hydrogen) atoms. The molecule has 0 spiro atoms. The van der Waals surface area contributed by atoms with Gasteiger partial charge in [-0.05, 0) is 37.7 Å². The third-order valence-electron chi connectivity index (χ3n) is 2.95. The van der Waals surface area contributed by atoms with Crippen LogP contribution in [0.25, 0.3) is 0 Å². The molecular weight excluding hydrogens is 150 g/mol. The fourth-order valence-electron chi connectivity index (χ4n) is 1.84. The quantitative estimate of drug-likeness (QED) is 0.680. The maximum atomic E-state index is 6.06. The Bertz CT molecular complexity index is 184. The van der Waals surface area contributed by atoms with Crippen molar-refractivity contribution < 1.29 is 4.74 Å². The van der Waals surface area contributed by atoms with Gasteiger partial charge >= 0.3 is 0 Å². The lowest BCUT2D eigenvalue weighted by Gasteiger charge is -2.33. The number of rotatable bonds is 2. The molecule has 2 heteroatoms. The molecule has 1 atom stereocenters. The summed E-state index contributed by atoms with van der Waals surface area (Å²) >= 11 is 0. The largest absolute Gasteiger partial charge is 0.497 e. The maximum Gasteiger partial charge on any atom is 0.109 e. The van der Waals surface area contributed by atoms with Gasteiger partial charge in [0.05, 0.1) is 12.6 Å². The van der Waals surface area contributed by atoms with Crippen molar-refractivity contribution in [1.82, 2.24) is 0 Å². The number of hydrogen-bond acceptors (Lipinski definition) is 2. The van der Waals surface area contributed by atoms with Gasteiger partial charge in [-0.3, -0.25) is 0 Å². The Labute approximate surface area is 73.8 Å². The zero-order valence-electron chi connectivity index (χ0n) is 7.46. The van der Waals surface area contributed by atoms with E-state index in [1.165, 1.54) is 19.3 Å². The van der Waals surface area contributed by atoms with E-state index in [9.17, 15) is 0 Å². The lowest BCUT2D eigenvalue weighted by molar-refractivity contribution is 0.142. The summed E-state index contributed by atoms with van der Waals surface area (Å²) < 4.78 is 5.53. The predicted octanol–water partition coefficient (Wildman–Crippen LogP) is 1.81. The zero-order valence-corrected chi connectivity index (χ0v) is 7.46. The van der Waals surface area contributed by atoms with Crippen LogP contribution in [-0.4, -0.2) is 12.6 Å². The van der Waals surface area contributed by atoms with Gasteiger partial charge in [-0.2, -0.15) is 0 Å². The Kier molecular flexibility index (Phi) is 2.35. The molecule has 68 valence electrons. The molecule has 1 saturated carbocycles. The molecule has 0 bridgehead atoms. The molecule has 2 N–H and O–H groups in total. The van der Waals surface area contributed by atoms with Crippen LogP contribution in [-0.2, 0) is 4.74 Å². The topological polar surface area (TPSA) is 35.2 Å². The first-order chi connectivity index (χ1) is 5.88. The summed E-state index contributed by atoms with van der Waals surface area (Å²) in [5, 5.41) is 0. The van der Waals surface area contributed by atoms with E-state index in [-0.39, 0.29) is 6.04 Å². The monoisotopic (exact) mass is 167 g/mol. The van der Waals surface area contributed by atoms with E-state index in [0.717, 1.165) is 25.2 Å². The molecule has 0 amide bonds. The van der Waals surface area contributed by atoms with E-state index in [2.05, 4.69) is 6.08 Å². The minimum absolute atomic E-state index is 0.194. The molecule has 1 aliphatic heterocycles. The first kappa shape index (κ1) is 8.11. The van der Waals surface area contributed by atoms with Gasteiger partial charge in [0, 0.05) is 0 Å². The van der Waals surface area contributed by atoms with E-state index in [0.29, 0.717) is 5.92 Å². The highest BCUT2D eigenvalue weighted by Gasteiger charge is 2.28. The molecule has 1 heterocycles. The average Bonchev–Trinajstić information content (AvgIpc) is 2.03. The average molecular weight is 167 g/mol. The van der Waals surface area contributed by atoms with Crippen molar-refractivity contribution in [3.05, 3.63) is 11.8 Å². The molecule has 2 rings (SSSR count). The van der Waals surface area contributed by atoms with Gasteiger partial charge in [0.15, 0.2) is 0 Å². The molecule has 0 radical (unpaired) electrons. The lowest BCUT2D eigenvalue weighted by atomic mass is 9.79. The molecule has 1 fully saturated rings. The maximum absolute atomic E-state index is 6.06. The van der Waals surface area contributed by atoms with Gasteiger partial charge in [0.2, 0.25) is 0 Å². The Morgan fingerprint density at radius 3 is 2.75 bits per heavy atom. The first-order valence-electron chi connectivity index (χ1n) is 4.96. The van der Waals surface area contributed by atoms with Crippen LogP contribution in [0.4, 0.5) is 0 Å². The summed E-state index contributed by atoms with van der Waals surface area (Å²) in [6, 6.07) is 0.194. The first-order valence-corrected chi connectivity index (χ1v) is 4.96. The van der Waals surface area contributed by atoms with Crippen LogP contribution >= 0.6 is 0 Å². The molecular formula is C10H17NO. The third-order valence-corrected chi connectivity index (χ3v) is 2.95. The summed E-state index contributed by atoms with van der Waals surface area (Å²) in [5.41, 5.74) is 6.06. The van der Waals surface area contributed by atoms with E-state index in [1.807, 2.05) is 0 Å². The summed E-state index contributed by atoms with van der Waals surface area (Å²) in [6.45, 7) is 0.867. The van der Waals surface area contributed by atoms with Gasteiger partial charge in [-0.15, -0.1) is 0 Å². The Balaban J connectivity index is 1.92. The van der Waals surface area contributed by atoms with Gasteiger partial charge in [-0.1, -0.05) is 6.42 Å². The molecule has 1 unspecified atom stereocenters. The summed E-state index contributed by atoms with van der Waals surface area (Å²) in [4.78, 5) is 0. The van der Waals surface area contributed by atoms with Crippen LogP contribution < -0.4 is 5.73 Å². The van der Waals surface area contributed by atoms with E-state index in [4.69, 9.17) is 10.5 Å². The van der Waals surface area contributed by atoms with Crippen molar-refractivity contribution in [3.63, 3.8) is 0 Å². The van der Waals surface area contributed by atoms with Gasteiger partial charge < -0.3 is 10.5 Å². The summed E-state index contributed by atoms with van der Waals surface area (Å²) in [6.07, 6.45) is 8.42. The Morgan fingerprint density at radius 2 is 2.25 bits per heavy atom. The molecule has 2 nitrogen and oxygen atoms in total. The van der Waals surface area contributed by atoms with Crippen LogP contribution in [0.1, 0.15) is 32.1 Å². The van der Waals surface area contributed by atoms with Crippen molar-refractivity contribution in [2.24, 2.45) is 11.7 Å². The third kappa shape index (κ3) is 1.48. The van der Waals surface area contributed by atoms with E-state index < -0.39 is 0 Å². The Morgan fingerprint density at radius 1 is 1.42 bits per heavy atom. The number of nitrogens with two attached hydrogens (primary N) is 1. The normalized spacial score (nSPS) is 26.9. The standard InChI is InChI=1S/C10H17NO/c11-10(8-4-3-5-8)9-6-1-2-7-12-9/h6,8,10H,1-5,7,11H2. The van der Waals surface area contributed by atoms with Crippen molar-refractivity contribution in [2.45, 2.75) is 38.1 Å². The molecule has 0 aromatic rings. The highest BCUT2D eigenvalue weighted by Crippen LogP contribution is 2.32. The van der Waals surface area contributed by atoms with Crippen molar-refractivity contribution in [2.75, 3.05) is 6.61 Å². The second kappa shape index (κ2) is 3.48. The van der Waals surface area contributed by atoms with Crippen LogP contribution in [0.3, 0.4) is 0 Å². The SMILES string of the molecule is NC(C1=CCCCO1)C1CCC1. The van der Waals surface area contributed by atoms with Gasteiger partial charge in [0.1, 0.15) is 5.76 Å². The molecule has 0 aromatic carbocycles. The molecule has 0 saturated heterocycles. The molecule has 0 aromatic heterocycles. The fourth-order valence-corrected chi connectivity index (χ4v) is 1.84. The zero-order chi connectivity index (χ0) is 8.39. The van der Waals surface area contributed by atoms with Crippen LogP contribution in [0.5, 0.6) is 0 Å². The Hall–Kier alpha value is -0.500. The fraction of sp³-hybridized carbons (Fsp3) is 0.800. The highest BCUT2D eigenvalue weighted by molar-refractivity contribution is 5.07. The van der Waals surface area contributed by atoms with Gasteiger partial charge in [0.25, 0.3) is 0 Å². The summed E-state index contributed by atoms with van der Waals surface area (Å²) in [5.74, 6) is 1.76.